The Morgan fingerprint density at radius 1 is 1.22 bits per heavy atom. The molecule has 6 nitrogen and oxygen atoms in total. The Morgan fingerprint density at radius 2 is 1.91 bits per heavy atom. The van der Waals surface area contributed by atoms with Gasteiger partial charge in [0.25, 0.3) is 5.91 Å². The van der Waals surface area contributed by atoms with Crippen molar-refractivity contribution in [1.29, 1.82) is 0 Å². The number of likely N-dealkylation sites (tertiary alicyclic amines) is 1. The number of hydrogen-bond donors (Lipinski definition) is 0. The van der Waals surface area contributed by atoms with Crippen molar-refractivity contribution in [1.82, 2.24) is 14.9 Å². The van der Waals surface area contributed by atoms with Gasteiger partial charge in [0.1, 0.15) is 0 Å². The first-order valence-electron chi connectivity index (χ1n) is 7.80. The lowest BCUT2D eigenvalue weighted by molar-refractivity contribution is -0.135. The predicted molar refractivity (Wildman–Crippen MR) is 84.8 cm³/mol. The minimum atomic E-state index is -0.623. The summed E-state index contributed by atoms with van der Waals surface area (Å²) in [5, 5.41) is 0. The largest absolute Gasteiger partial charge is 0.451 e. The van der Waals surface area contributed by atoms with Gasteiger partial charge < -0.3 is 9.64 Å². The lowest BCUT2D eigenvalue weighted by Crippen LogP contribution is -2.40. The third kappa shape index (κ3) is 3.64. The topological polar surface area (TPSA) is 72.4 Å². The average Bonchev–Trinajstić information content (AvgIpc) is 2.59. The van der Waals surface area contributed by atoms with Gasteiger partial charge in [-0.1, -0.05) is 19.1 Å². The van der Waals surface area contributed by atoms with Crippen LogP contribution in [0.5, 0.6) is 0 Å². The zero-order chi connectivity index (χ0) is 16.2. The lowest BCUT2D eigenvalue weighted by Gasteiger charge is -2.30. The number of ether oxygens (including phenoxy) is 1. The van der Waals surface area contributed by atoms with E-state index >= 15 is 0 Å². The Hall–Kier alpha value is -2.50. The number of fused-ring (bicyclic) bond motifs is 1. The summed E-state index contributed by atoms with van der Waals surface area (Å²) in [6, 6.07) is 7.28. The Balaban J connectivity index is 1.58. The highest BCUT2D eigenvalue weighted by Crippen LogP contribution is 2.16. The van der Waals surface area contributed by atoms with Crippen LogP contribution in [0.3, 0.4) is 0 Å². The number of benzene rings is 1. The smallest absolute Gasteiger partial charge is 0.359 e. The molecule has 1 amide bonds. The van der Waals surface area contributed by atoms with Crippen LogP contribution in [0.1, 0.15) is 30.3 Å². The molecule has 0 bridgehead atoms. The van der Waals surface area contributed by atoms with Gasteiger partial charge in [0.2, 0.25) is 0 Å². The number of rotatable bonds is 3. The van der Waals surface area contributed by atoms with Gasteiger partial charge >= 0.3 is 5.97 Å². The maximum absolute atomic E-state index is 12.1. The first kappa shape index (κ1) is 15.4. The van der Waals surface area contributed by atoms with E-state index in [1.807, 2.05) is 18.2 Å². The van der Waals surface area contributed by atoms with E-state index in [9.17, 15) is 9.59 Å². The number of esters is 1. The van der Waals surface area contributed by atoms with E-state index in [0.29, 0.717) is 17.0 Å². The van der Waals surface area contributed by atoms with Gasteiger partial charge in [-0.2, -0.15) is 0 Å². The molecule has 120 valence electrons. The molecule has 2 aromatic rings. The molecule has 6 heteroatoms. The van der Waals surface area contributed by atoms with E-state index in [1.54, 1.807) is 11.0 Å². The van der Waals surface area contributed by atoms with Gasteiger partial charge in [-0.05, 0) is 30.9 Å². The molecular weight excluding hydrogens is 294 g/mol. The molecule has 1 saturated heterocycles. The monoisotopic (exact) mass is 313 g/mol. The van der Waals surface area contributed by atoms with Gasteiger partial charge in [-0.3, -0.25) is 9.78 Å². The summed E-state index contributed by atoms with van der Waals surface area (Å²) in [5.74, 6) is -0.129. The maximum Gasteiger partial charge on any atom is 0.359 e. The van der Waals surface area contributed by atoms with Gasteiger partial charge in [0.05, 0.1) is 17.2 Å². The zero-order valence-corrected chi connectivity index (χ0v) is 13.1. The van der Waals surface area contributed by atoms with Crippen molar-refractivity contribution in [3.63, 3.8) is 0 Å². The Morgan fingerprint density at radius 3 is 2.65 bits per heavy atom. The number of carbonyl (C=O) groups is 2. The maximum atomic E-state index is 12.1. The van der Waals surface area contributed by atoms with Gasteiger partial charge in [-0.15, -0.1) is 0 Å². The summed E-state index contributed by atoms with van der Waals surface area (Å²) >= 11 is 0. The van der Waals surface area contributed by atoms with Crippen molar-refractivity contribution in [2.45, 2.75) is 19.8 Å². The SMILES string of the molecule is CC1CCN(C(=O)COC(=O)c2cnc3ccccc3n2)CC1. The highest BCUT2D eigenvalue weighted by molar-refractivity contribution is 5.91. The molecule has 3 rings (SSSR count). The van der Waals surface area contributed by atoms with Crippen molar-refractivity contribution >= 4 is 22.9 Å². The van der Waals surface area contributed by atoms with Gasteiger partial charge in [0, 0.05) is 13.1 Å². The minimum absolute atomic E-state index is 0.115. The van der Waals surface area contributed by atoms with Crippen molar-refractivity contribution in [3.05, 3.63) is 36.2 Å². The van der Waals surface area contributed by atoms with Crippen molar-refractivity contribution < 1.29 is 14.3 Å². The summed E-state index contributed by atoms with van der Waals surface area (Å²) in [7, 11) is 0. The Kier molecular flexibility index (Phi) is 4.50. The molecule has 1 aromatic heterocycles. The number of amides is 1. The van der Waals surface area contributed by atoms with Crippen LogP contribution in [0.25, 0.3) is 11.0 Å². The molecule has 2 heterocycles. The number of para-hydroxylation sites is 2. The highest BCUT2D eigenvalue weighted by Gasteiger charge is 2.21. The fourth-order valence-corrected chi connectivity index (χ4v) is 2.61. The molecule has 0 unspecified atom stereocenters. The number of aromatic nitrogens is 2. The van der Waals surface area contributed by atoms with E-state index in [-0.39, 0.29) is 18.2 Å². The average molecular weight is 313 g/mol. The van der Waals surface area contributed by atoms with Crippen LogP contribution in [-0.4, -0.2) is 46.4 Å². The van der Waals surface area contributed by atoms with Crippen LogP contribution in [0, 0.1) is 5.92 Å². The second-order valence-corrected chi connectivity index (χ2v) is 5.88. The first-order valence-corrected chi connectivity index (χ1v) is 7.80. The molecule has 23 heavy (non-hydrogen) atoms. The summed E-state index contributed by atoms with van der Waals surface area (Å²) in [6.45, 7) is 3.39. The lowest BCUT2D eigenvalue weighted by atomic mass is 9.99. The molecule has 1 fully saturated rings. The first-order chi connectivity index (χ1) is 11.1. The fraction of sp³-hybridized carbons (Fsp3) is 0.412. The number of hydrogen-bond acceptors (Lipinski definition) is 5. The quantitative estimate of drug-likeness (QED) is 0.811. The highest BCUT2D eigenvalue weighted by atomic mass is 16.5. The third-order valence-electron chi connectivity index (χ3n) is 4.12. The summed E-state index contributed by atoms with van der Waals surface area (Å²) in [6.07, 6.45) is 3.36. The van der Waals surface area contributed by atoms with E-state index in [0.717, 1.165) is 25.9 Å². The van der Waals surface area contributed by atoms with Crippen LogP contribution in [0.2, 0.25) is 0 Å². The van der Waals surface area contributed by atoms with Gasteiger partial charge in [0.15, 0.2) is 12.3 Å². The van der Waals surface area contributed by atoms with E-state index < -0.39 is 5.97 Å². The molecule has 0 aliphatic carbocycles. The molecule has 0 atom stereocenters. The van der Waals surface area contributed by atoms with E-state index in [4.69, 9.17) is 4.74 Å². The molecular formula is C17H19N3O3. The molecule has 1 aromatic carbocycles. The van der Waals surface area contributed by atoms with E-state index in [2.05, 4.69) is 16.9 Å². The third-order valence-corrected chi connectivity index (χ3v) is 4.12. The van der Waals surface area contributed by atoms with Crippen molar-refractivity contribution in [2.75, 3.05) is 19.7 Å². The summed E-state index contributed by atoms with van der Waals surface area (Å²) < 4.78 is 5.09. The van der Waals surface area contributed by atoms with Crippen LogP contribution in [0.4, 0.5) is 0 Å². The standard InChI is InChI=1S/C17H19N3O3/c1-12-6-8-20(9-7-12)16(21)11-23-17(22)15-10-18-13-4-2-3-5-14(13)19-15/h2-5,10,12H,6-9,11H2,1H3. The van der Waals surface area contributed by atoms with E-state index in [1.165, 1.54) is 6.20 Å². The predicted octanol–water partition coefficient (Wildman–Crippen LogP) is 2.05. The second kappa shape index (κ2) is 6.73. The number of nitrogens with zero attached hydrogens (tertiary/aromatic N) is 3. The zero-order valence-electron chi connectivity index (χ0n) is 13.1. The number of piperidine rings is 1. The van der Waals surface area contributed by atoms with Crippen LogP contribution < -0.4 is 0 Å². The number of carbonyl (C=O) groups excluding carboxylic acids is 2. The van der Waals surface area contributed by atoms with Crippen LogP contribution in [0.15, 0.2) is 30.5 Å². The second-order valence-electron chi connectivity index (χ2n) is 5.88. The minimum Gasteiger partial charge on any atom is -0.451 e. The molecule has 1 aliphatic rings. The molecule has 0 spiro atoms. The van der Waals surface area contributed by atoms with Crippen LogP contribution >= 0.6 is 0 Å². The summed E-state index contributed by atoms with van der Waals surface area (Å²) in [5.41, 5.74) is 1.45. The molecule has 0 N–H and O–H groups in total. The Labute approximate surface area is 134 Å². The van der Waals surface area contributed by atoms with Gasteiger partial charge in [-0.25, -0.2) is 9.78 Å². The Bertz CT molecular complexity index is 724. The normalized spacial score (nSPS) is 15.6. The molecule has 0 radical (unpaired) electrons. The fourth-order valence-electron chi connectivity index (χ4n) is 2.61. The molecule has 1 aliphatic heterocycles. The summed E-state index contributed by atoms with van der Waals surface area (Å²) in [4.78, 5) is 34.2. The van der Waals surface area contributed by atoms with Crippen LogP contribution in [-0.2, 0) is 9.53 Å². The van der Waals surface area contributed by atoms with Crippen molar-refractivity contribution in [3.8, 4) is 0 Å². The van der Waals surface area contributed by atoms with Crippen molar-refractivity contribution in [2.24, 2.45) is 5.92 Å². The molecule has 0 saturated carbocycles.